The Morgan fingerprint density at radius 3 is 3.00 bits per heavy atom. The molecule has 5 heteroatoms. The van der Waals surface area contributed by atoms with Crippen LogP contribution in [0.5, 0.6) is 0 Å². The molecule has 0 aliphatic heterocycles. The molecule has 2 rings (SSSR count). The van der Waals surface area contributed by atoms with Gasteiger partial charge in [0.15, 0.2) is 0 Å². The van der Waals surface area contributed by atoms with Gasteiger partial charge in [0.25, 0.3) is 0 Å². The van der Waals surface area contributed by atoms with Crippen LogP contribution in [0.25, 0.3) is 0 Å². The lowest BCUT2D eigenvalue weighted by molar-refractivity contribution is -0.505. The molecule has 2 aliphatic carbocycles. The van der Waals surface area contributed by atoms with Crippen LogP contribution in [0, 0.1) is 27.4 Å². The first kappa shape index (κ1) is 12.8. The number of hydrogen-bond acceptors (Lipinski definition) is 3. The Balaban J connectivity index is 2.16. The third-order valence-electron chi connectivity index (χ3n) is 4.18. The molecule has 1 saturated carbocycles. The van der Waals surface area contributed by atoms with Crippen LogP contribution in [0.15, 0.2) is 24.3 Å². The van der Waals surface area contributed by atoms with Crippen molar-refractivity contribution >= 4 is 5.97 Å². The number of rotatable bonds is 6. The molecule has 0 radical (unpaired) electrons. The fourth-order valence-corrected chi connectivity index (χ4v) is 3.61. The summed E-state index contributed by atoms with van der Waals surface area (Å²) in [7, 11) is 0. The number of nitro groups is 1. The lowest BCUT2D eigenvalue weighted by Gasteiger charge is -2.48. The van der Waals surface area contributed by atoms with E-state index in [-0.39, 0.29) is 23.8 Å². The maximum absolute atomic E-state index is 10.9. The Bertz CT molecular complexity index is 411. The molecule has 98 valence electrons. The number of allylic oxidation sites excluding steroid dienone is 3. The molecule has 18 heavy (non-hydrogen) atoms. The Hall–Kier alpha value is -1.65. The second-order valence-corrected chi connectivity index (χ2v) is 5.44. The van der Waals surface area contributed by atoms with Crippen LogP contribution in [0.1, 0.15) is 25.7 Å². The molecule has 2 aliphatic rings. The van der Waals surface area contributed by atoms with Crippen molar-refractivity contribution in [3.05, 3.63) is 34.4 Å². The first-order valence-corrected chi connectivity index (χ1v) is 6.11. The molecular formula is C13H17NO4. The molecule has 0 spiro atoms. The van der Waals surface area contributed by atoms with Crippen LogP contribution in [0.3, 0.4) is 0 Å². The molecule has 0 aromatic heterocycles. The molecule has 1 N–H and O–H groups in total. The van der Waals surface area contributed by atoms with Crippen molar-refractivity contribution in [1.82, 2.24) is 0 Å². The van der Waals surface area contributed by atoms with Gasteiger partial charge in [-0.15, -0.1) is 6.58 Å². The first-order chi connectivity index (χ1) is 8.47. The molecule has 5 nitrogen and oxygen atoms in total. The van der Waals surface area contributed by atoms with E-state index in [1.165, 1.54) is 5.57 Å². The van der Waals surface area contributed by atoms with Crippen LogP contribution in [0.2, 0.25) is 0 Å². The first-order valence-electron chi connectivity index (χ1n) is 6.11. The summed E-state index contributed by atoms with van der Waals surface area (Å²) in [6.45, 7) is 3.45. The molecule has 3 atom stereocenters. The Kier molecular flexibility index (Phi) is 3.24. The maximum Gasteiger partial charge on any atom is 0.304 e. The summed E-state index contributed by atoms with van der Waals surface area (Å²) < 4.78 is 0. The van der Waals surface area contributed by atoms with E-state index in [2.05, 4.69) is 12.7 Å². The van der Waals surface area contributed by atoms with Gasteiger partial charge in [-0.2, -0.15) is 0 Å². The van der Waals surface area contributed by atoms with Crippen LogP contribution in [0.4, 0.5) is 0 Å². The Morgan fingerprint density at radius 2 is 2.44 bits per heavy atom. The fourth-order valence-electron chi connectivity index (χ4n) is 3.61. The second kappa shape index (κ2) is 4.55. The van der Waals surface area contributed by atoms with E-state index in [0.717, 1.165) is 12.8 Å². The highest BCUT2D eigenvalue weighted by molar-refractivity contribution is 5.68. The number of aliphatic carboxylic acids is 1. The SMILES string of the molecule is C=CCC1=C[C@H]2[C@@H](C1)C[C@]2(CC(=O)O)C[N+](=O)[O-]. The quantitative estimate of drug-likeness (QED) is 0.446. The van der Waals surface area contributed by atoms with E-state index in [1.807, 2.05) is 6.08 Å². The number of fused-ring (bicyclic) bond motifs is 1. The maximum atomic E-state index is 10.9. The summed E-state index contributed by atoms with van der Waals surface area (Å²) in [6, 6.07) is 0. The summed E-state index contributed by atoms with van der Waals surface area (Å²) in [4.78, 5) is 21.3. The molecule has 0 amide bonds. The summed E-state index contributed by atoms with van der Waals surface area (Å²) in [5, 5.41) is 19.7. The van der Waals surface area contributed by atoms with Gasteiger partial charge in [0.05, 0.1) is 11.8 Å². The number of carboxylic acids is 1. The molecule has 1 fully saturated rings. The zero-order chi connectivity index (χ0) is 13.3. The van der Waals surface area contributed by atoms with Crippen molar-refractivity contribution < 1.29 is 14.8 Å². The van der Waals surface area contributed by atoms with Crippen LogP contribution < -0.4 is 0 Å². The summed E-state index contributed by atoms with van der Waals surface area (Å²) in [6.07, 6.45) is 6.17. The van der Waals surface area contributed by atoms with Crippen LogP contribution >= 0.6 is 0 Å². The van der Waals surface area contributed by atoms with Gasteiger partial charge in [0.1, 0.15) is 0 Å². The normalized spacial score (nSPS) is 33.2. The van der Waals surface area contributed by atoms with E-state index in [9.17, 15) is 14.9 Å². The van der Waals surface area contributed by atoms with Crippen molar-refractivity contribution in [2.24, 2.45) is 17.3 Å². The standard InChI is InChI=1S/C13H17NO4/c1-2-3-9-4-10-6-13(7-12(15)16,8-14(17)18)11(10)5-9/h2,5,10-11H,1,3-4,6-8H2,(H,15,16)/t10-,11-,13-/m0/s1. The number of carbonyl (C=O) groups is 1. The van der Waals surface area contributed by atoms with E-state index in [4.69, 9.17) is 5.11 Å². The highest BCUT2D eigenvalue weighted by Gasteiger charge is 2.58. The minimum absolute atomic E-state index is 0.0638. The summed E-state index contributed by atoms with van der Waals surface area (Å²) in [5.74, 6) is -0.478. The van der Waals surface area contributed by atoms with Crippen LogP contribution in [-0.4, -0.2) is 22.5 Å². The molecule has 0 heterocycles. The van der Waals surface area contributed by atoms with Gasteiger partial charge < -0.3 is 5.11 Å². The van der Waals surface area contributed by atoms with Crippen LogP contribution in [-0.2, 0) is 4.79 Å². The molecule has 0 unspecified atom stereocenters. The second-order valence-electron chi connectivity index (χ2n) is 5.44. The van der Waals surface area contributed by atoms with Crippen molar-refractivity contribution in [1.29, 1.82) is 0 Å². The highest BCUT2D eigenvalue weighted by Crippen LogP contribution is 2.60. The monoisotopic (exact) mass is 251 g/mol. The summed E-state index contributed by atoms with van der Waals surface area (Å²) >= 11 is 0. The Labute approximate surface area is 105 Å². The van der Waals surface area contributed by atoms with E-state index in [1.54, 1.807) is 0 Å². The molecule has 0 saturated heterocycles. The van der Waals surface area contributed by atoms with Gasteiger partial charge in [-0.05, 0) is 31.1 Å². The van der Waals surface area contributed by atoms with Gasteiger partial charge in [-0.3, -0.25) is 14.9 Å². The largest absolute Gasteiger partial charge is 0.481 e. The predicted molar refractivity (Wildman–Crippen MR) is 65.7 cm³/mol. The van der Waals surface area contributed by atoms with Crippen molar-refractivity contribution in [2.45, 2.75) is 25.7 Å². The molecular weight excluding hydrogens is 234 g/mol. The third-order valence-corrected chi connectivity index (χ3v) is 4.18. The minimum Gasteiger partial charge on any atom is -0.481 e. The number of hydrogen-bond donors (Lipinski definition) is 1. The molecule has 0 aromatic rings. The smallest absolute Gasteiger partial charge is 0.304 e. The van der Waals surface area contributed by atoms with Gasteiger partial charge in [0, 0.05) is 4.92 Å². The van der Waals surface area contributed by atoms with Crippen molar-refractivity contribution in [3.63, 3.8) is 0 Å². The predicted octanol–water partition coefficient (Wildman–Crippen LogP) is 2.27. The van der Waals surface area contributed by atoms with E-state index >= 15 is 0 Å². The summed E-state index contributed by atoms with van der Waals surface area (Å²) in [5.41, 5.74) is 0.582. The van der Waals surface area contributed by atoms with Gasteiger partial charge in [-0.1, -0.05) is 17.7 Å². The zero-order valence-electron chi connectivity index (χ0n) is 10.2. The highest BCUT2D eigenvalue weighted by atomic mass is 16.6. The zero-order valence-corrected chi connectivity index (χ0v) is 10.2. The van der Waals surface area contributed by atoms with Gasteiger partial charge in [0.2, 0.25) is 6.54 Å². The third kappa shape index (κ3) is 2.17. The lowest BCUT2D eigenvalue weighted by Crippen LogP contribution is -2.50. The average Bonchev–Trinajstić information content (AvgIpc) is 2.55. The number of carboxylic acid groups (broad SMARTS) is 1. The van der Waals surface area contributed by atoms with Gasteiger partial charge in [-0.25, -0.2) is 0 Å². The lowest BCUT2D eigenvalue weighted by atomic mass is 9.53. The fraction of sp³-hybridized carbons (Fsp3) is 0.615. The van der Waals surface area contributed by atoms with Crippen molar-refractivity contribution in [2.75, 3.05) is 6.54 Å². The molecule has 0 aromatic carbocycles. The van der Waals surface area contributed by atoms with E-state index < -0.39 is 11.4 Å². The van der Waals surface area contributed by atoms with Crippen molar-refractivity contribution in [3.8, 4) is 0 Å². The Morgan fingerprint density at radius 1 is 1.72 bits per heavy atom. The topological polar surface area (TPSA) is 80.4 Å². The minimum atomic E-state index is -0.944. The molecule has 0 bridgehead atoms. The van der Waals surface area contributed by atoms with E-state index in [0.29, 0.717) is 12.3 Å². The number of nitrogens with zero attached hydrogens (tertiary/aromatic N) is 1. The van der Waals surface area contributed by atoms with Gasteiger partial charge >= 0.3 is 5.97 Å². The average molecular weight is 251 g/mol.